The lowest BCUT2D eigenvalue weighted by molar-refractivity contribution is 0.253. The molecular formula is C23H40. The largest absolute Gasteiger partial charge is 0.103 e. The SMILES string of the molecule is C=CCC[C@H]1CC[C@H](C=CCC[C@H]2CC[C@H](CCC)CC2)CC1. The molecule has 0 aromatic carbocycles. The Bertz CT molecular complexity index is 324. The van der Waals surface area contributed by atoms with Crippen LogP contribution in [0.2, 0.25) is 0 Å². The van der Waals surface area contributed by atoms with Crippen molar-refractivity contribution in [3.8, 4) is 0 Å². The highest BCUT2D eigenvalue weighted by Crippen LogP contribution is 2.35. The molecule has 2 aliphatic rings. The Kier molecular flexibility index (Phi) is 9.09. The van der Waals surface area contributed by atoms with Crippen LogP contribution in [-0.4, -0.2) is 0 Å². The van der Waals surface area contributed by atoms with E-state index in [2.05, 4.69) is 31.7 Å². The number of hydrogen-bond acceptors (Lipinski definition) is 0. The predicted molar refractivity (Wildman–Crippen MR) is 104 cm³/mol. The molecule has 0 heterocycles. The third kappa shape index (κ3) is 7.27. The van der Waals surface area contributed by atoms with E-state index in [0.717, 1.165) is 23.7 Å². The van der Waals surface area contributed by atoms with E-state index in [0.29, 0.717) is 0 Å². The Morgan fingerprint density at radius 2 is 1.26 bits per heavy atom. The van der Waals surface area contributed by atoms with Crippen molar-refractivity contribution in [2.45, 2.75) is 96.8 Å². The highest BCUT2D eigenvalue weighted by atomic mass is 14.3. The summed E-state index contributed by atoms with van der Waals surface area (Å²) in [4.78, 5) is 0. The molecule has 0 N–H and O–H groups in total. The van der Waals surface area contributed by atoms with Gasteiger partial charge in [-0.05, 0) is 75.0 Å². The van der Waals surface area contributed by atoms with Crippen molar-refractivity contribution in [3.63, 3.8) is 0 Å². The maximum absolute atomic E-state index is 3.85. The van der Waals surface area contributed by atoms with Crippen LogP contribution < -0.4 is 0 Å². The van der Waals surface area contributed by atoms with E-state index in [1.807, 2.05) is 0 Å². The van der Waals surface area contributed by atoms with Crippen LogP contribution in [-0.2, 0) is 0 Å². The fraction of sp³-hybridized carbons (Fsp3) is 0.826. The lowest BCUT2D eigenvalue weighted by Crippen LogP contribution is -2.14. The molecule has 2 aliphatic carbocycles. The Balaban J connectivity index is 1.53. The average molecular weight is 317 g/mol. The second kappa shape index (κ2) is 11.1. The van der Waals surface area contributed by atoms with E-state index in [9.17, 15) is 0 Å². The second-order valence-corrected chi connectivity index (χ2v) is 8.33. The van der Waals surface area contributed by atoms with Crippen molar-refractivity contribution >= 4 is 0 Å². The molecule has 23 heavy (non-hydrogen) atoms. The quantitative estimate of drug-likeness (QED) is 0.382. The molecule has 0 atom stereocenters. The Labute approximate surface area is 145 Å². The predicted octanol–water partition coefficient (Wildman–Crippen LogP) is 7.70. The van der Waals surface area contributed by atoms with Gasteiger partial charge in [-0.2, -0.15) is 0 Å². The maximum Gasteiger partial charge on any atom is -0.0233 e. The average Bonchev–Trinajstić information content (AvgIpc) is 2.59. The molecule has 0 unspecified atom stereocenters. The molecule has 0 bridgehead atoms. The minimum Gasteiger partial charge on any atom is -0.103 e. The summed E-state index contributed by atoms with van der Waals surface area (Å²) in [6.45, 7) is 6.19. The smallest absolute Gasteiger partial charge is 0.0233 e. The van der Waals surface area contributed by atoms with Crippen LogP contribution in [0.5, 0.6) is 0 Å². The monoisotopic (exact) mass is 316 g/mol. The number of rotatable bonds is 9. The van der Waals surface area contributed by atoms with E-state index in [-0.39, 0.29) is 0 Å². The van der Waals surface area contributed by atoms with Gasteiger partial charge < -0.3 is 0 Å². The van der Waals surface area contributed by atoms with Crippen LogP contribution in [0.25, 0.3) is 0 Å². The van der Waals surface area contributed by atoms with Gasteiger partial charge in [0.2, 0.25) is 0 Å². The summed E-state index contributed by atoms with van der Waals surface area (Å²) in [6.07, 6.45) is 27.2. The third-order valence-corrected chi connectivity index (χ3v) is 6.48. The van der Waals surface area contributed by atoms with Crippen LogP contribution in [0.1, 0.15) is 96.8 Å². The van der Waals surface area contributed by atoms with Gasteiger partial charge in [0.1, 0.15) is 0 Å². The molecule has 2 fully saturated rings. The van der Waals surface area contributed by atoms with Gasteiger partial charge in [-0.25, -0.2) is 0 Å². The molecule has 2 saturated carbocycles. The fourth-order valence-electron chi connectivity index (χ4n) is 4.86. The highest BCUT2D eigenvalue weighted by molar-refractivity contribution is 4.92. The summed E-state index contributed by atoms with van der Waals surface area (Å²) < 4.78 is 0. The molecule has 0 aromatic heterocycles. The van der Waals surface area contributed by atoms with Gasteiger partial charge in [0, 0.05) is 0 Å². The lowest BCUT2D eigenvalue weighted by Gasteiger charge is -2.28. The van der Waals surface area contributed by atoms with Crippen molar-refractivity contribution in [2.75, 3.05) is 0 Å². The summed E-state index contributed by atoms with van der Waals surface area (Å²) in [5, 5.41) is 0. The maximum atomic E-state index is 3.85. The van der Waals surface area contributed by atoms with Crippen molar-refractivity contribution in [3.05, 3.63) is 24.8 Å². The lowest BCUT2D eigenvalue weighted by atomic mass is 9.78. The molecule has 0 spiro atoms. The van der Waals surface area contributed by atoms with E-state index < -0.39 is 0 Å². The molecule has 0 amide bonds. The highest BCUT2D eigenvalue weighted by Gasteiger charge is 2.20. The molecule has 132 valence electrons. The summed E-state index contributed by atoms with van der Waals surface area (Å²) in [6, 6.07) is 0. The first-order valence-corrected chi connectivity index (χ1v) is 10.6. The zero-order valence-electron chi connectivity index (χ0n) is 15.6. The fourth-order valence-corrected chi connectivity index (χ4v) is 4.86. The van der Waals surface area contributed by atoms with Crippen LogP contribution in [0.4, 0.5) is 0 Å². The van der Waals surface area contributed by atoms with Gasteiger partial charge >= 0.3 is 0 Å². The summed E-state index contributed by atoms with van der Waals surface area (Å²) in [5.41, 5.74) is 0. The first-order chi connectivity index (χ1) is 11.3. The molecule has 0 saturated heterocycles. The Morgan fingerprint density at radius 3 is 1.83 bits per heavy atom. The van der Waals surface area contributed by atoms with Crippen LogP contribution in [0.3, 0.4) is 0 Å². The van der Waals surface area contributed by atoms with Crippen molar-refractivity contribution in [2.24, 2.45) is 23.7 Å². The summed E-state index contributed by atoms with van der Waals surface area (Å²) in [5.74, 6) is 3.96. The van der Waals surface area contributed by atoms with Crippen LogP contribution in [0.15, 0.2) is 24.8 Å². The third-order valence-electron chi connectivity index (χ3n) is 6.48. The van der Waals surface area contributed by atoms with Crippen LogP contribution in [0, 0.1) is 23.7 Å². The van der Waals surface area contributed by atoms with Crippen molar-refractivity contribution in [1.29, 1.82) is 0 Å². The molecule has 0 nitrogen and oxygen atoms in total. The van der Waals surface area contributed by atoms with Crippen molar-refractivity contribution in [1.82, 2.24) is 0 Å². The Morgan fingerprint density at radius 1 is 0.739 bits per heavy atom. The van der Waals surface area contributed by atoms with Crippen LogP contribution >= 0.6 is 0 Å². The summed E-state index contributed by atoms with van der Waals surface area (Å²) >= 11 is 0. The van der Waals surface area contributed by atoms with Gasteiger partial charge in [0.15, 0.2) is 0 Å². The molecular weight excluding hydrogens is 276 g/mol. The topological polar surface area (TPSA) is 0 Å². The first-order valence-electron chi connectivity index (χ1n) is 10.6. The van der Waals surface area contributed by atoms with E-state index >= 15 is 0 Å². The Hall–Kier alpha value is -0.520. The first kappa shape index (κ1) is 18.8. The van der Waals surface area contributed by atoms with Gasteiger partial charge in [0.05, 0.1) is 0 Å². The van der Waals surface area contributed by atoms with Gasteiger partial charge in [-0.15, -0.1) is 6.58 Å². The minimum absolute atomic E-state index is 0.885. The van der Waals surface area contributed by atoms with Gasteiger partial charge in [-0.3, -0.25) is 0 Å². The molecule has 0 radical (unpaired) electrons. The zero-order chi connectivity index (χ0) is 16.3. The molecule has 2 rings (SSSR count). The standard InChI is InChI=1S/C23H40/c1-3-5-9-21-16-18-23(19-17-21)11-7-6-10-22-14-12-20(8-4-2)13-15-22/h3,7,11,20-23H,1,4-6,8-10,12-19H2,2H3/t20-,21-,22-,23-. The summed E-state index contributed by atoms with van der Waals surface area (Å²) in [7, 11) is 0. The van der Waals surface area contributed by atoms with Gasteiger partial charge in [0.25, 0.3) is 0 Å². The molecule has 0 heteroatoms. The number of hydrogen-bond donors (Lipinski definition) is 0. The molecule has 0 aromatic rings. The second-order valence-electron chi connectivity index (χ2n) is 8.33. The number of allylic oxidation sites excluding steroid dienone is 3. The molecule has 0 aliphatic heterocycles. The zero-order valence-corrected chi connectivity index (χ0v) is 15.6. The van der Waals surface area contributed by atoms with E-state index in [4.69, 9.17) is 0 Å². The minimum atomic E-state index is 0.885. The van der Waals surface area contributed by atoms with E-state index in [1.165, 1.54) is 89.9 Å². The van der Waals surface area contributed by atoms with Gasteiger partial charge in [-0.1, -0.05) is 63.7 Å². The van der Waals surface area contributed by atoms with E-state index in [1.54, 1.807) is 0 Å². The van der Waals surface area contributed by atoms with Crippen molar-refractivity contribution < 1.29 is 0 Å². The normalized spacial score (nSPS) is 32.2.